The number of hydrogen-bond donors (Lipinski definition) is 0. The number of hydrogen-bond acceptors (Lipinski definition) is 4. The minimum absolute atomic E-state index is 0.0133. The average Bonchev–Trinajstić information content (AvgIpc) is 3.67. The van der Waals surface area contributed by atoms with E-state index in [0.29, 0.717) is 17.7 Å². The van der Waals surface area contributed by atoms with E-state index in [0.717, 1.165) is 72.1 Å². The second kappa shape index (κ2) is 15.3. The monoisotopic (exact) mass is 827 g/mol. The Morgan fingerprint density at radius 1 is 0.444 bits per heavy atom. The minimum atomic E-state index is -0.0331. The van der Waals surface area contributed by atoms with Gasteiger partial charge >= 0.3 is 0 Å². The predicted molar refractivity (Wildman–Crippen MR) is 268 cm³/mol. The summed E-state index contributed by atoms with van der Waals surface area (Å²) in [7, 11) is 0. The van der Waals surface area contributed by atoms with E-state index in [2.05, 4.69) is 211 Å². The molecule has 4 heteroatoms. The molecule has 0 radical (unpaired) electrons. The van der Waals surface area contributed by atoms with E-state index in [1.807, 2.05) is 0 Å². The number of pyridine rings is 2. The van der Waals surface area contributed by atoms with E-state index < -0.39 is 0 Å². The first-order valence-corrected chi connectivity index (χ1v) is 22.7. The van der Waals surface area contributed by atoms with E-state index in [1.165, 1.54) is 38.6 Å². The molecule has 0 aliphatic heterocycles. The molecule has 0 saturated carbocycles. The van der Waals surface area contributed by atoms with Crippen molar-refractivity contribution in [3.05, 3.63) is 149 Å². The molecule has 0 saturated heterocycles. The highest BCUT2D eigenvalue weighted by molar-refractivity contribution is 6.02. The van der Waals surface area contributed by atoms with Gasteiger partial charge in [0.05, 0.1) is 22.8 Å². The lowest BCUT2D eigenvalue weighted by Gasteiger charge is -2.22. The van der Waals surface area contributed by atoms with Crippen molar-refractivity contribution in [3.63, 3.8) is 0 Å². The normalized spacial score (nSPS) is 12.8. The summed E-state index contributed by atoms with van der Waals surface area (Å²) in [6.45, 7) is 29.5. The second-order valence-corrected chi connectivity index (χ2v) is 21.4. The van der Waals surface area contributed by atoms with Crippen LogP contribution in [0.15, 0.2) is 126 Å². The summed E-state index contributed by atoms with van der Waals surface area (Å²) in [5.41, 5.74) is 14.6. The lowest BCUT2D eigenvalue weighted by atomic mass is 9.83. The Bertz CT molecular complexity index is 3210. The van der Waals surface area contributed by atoms with Gasteiger partial charge in [-0.25, -0.2) is 15.0 Å². The fourth-order valence-electron chi connectivity index (χ4n) is 9.21. The summed E-state index contributed by atoms with van der Waals surface area (Å²) >= 11 is 0. The molecule has 9 rings (SSSR count). The van der Waals surface area contributed by atoms with Crippen molar-refractivity contribution in [2.24, 2.45) is 0 Å². The van der Waals surface area contributed by atoms with Gasteiger partial charge in [0.2, 0.25) is 5.89 Å². The van der Waals surface area contributed by atoms with Crippen molar-refractivity contribution in [1.29, 1.82) is 0 Å². The lowest BCUT2D eigenvalue weighted by Crippen LogP contribution is -2.11. The molecule has 63 heavy (non-hydrogen) atoms. The summed E-state index contributed by atoms with van der Waals surface area (Å²) in [5, 5.41) is 6.98. The molecule has 0 N–H and O–H groups in total. The second-order valence-electron chi connectivity index (χ2n) is 21.4. The van der Waals surface area contributed by atoms with E-state index in [1.54, 1.807) is 0 Å². The van der Waals surface area contributed by atoms with Crippen LogP contribution in [0.1, 0.15) is 130 Å². The third-order valence-corrected chi connectivity index (χ3v) is 12.9. The van der Waals surface area contributed by atoms with Crippen LogP contribution in [0, 0.1) is 0 Å². The van der Waals surface area contributed by atoms with Gasteiger partial charge in [-0.3, -0.25) is 0 Å². The van der Waals surface area contributed by atoms with Gasteiger partial charge in [0.25, 0.3) is 0 Å². The molecular formula is C59H61N3O. The summed E-state index contributed by atoms with van der Waals surface area (Å²) in [6.07, 6.45) is 0. The molecule has 6 aromatic carbocycles. The number of rotatable bonds is 6. The third kappa shape index (κ3) is 7.83. The molecule has 0 bridgehead atoms. The van der Waals surface area contributed by atoms with Crippen molar-refractivity contribution in [2.75, 3.05) is 0 Å². The Labute approximate surface area is 373 Å². The first-order chi connectivity index (χ1) is 29.7. The Balaban J connectivity index is 1.28. The quantitative estimate of drug-likeness (QED) is 0.168. The van der Waals surface area contributed by atoms with Crippen molar-refractivity contribution in [1.82, 2.24) is 15.0 Å². The van der Waals surface area contributed by atoms with Crippen LogP contribution in [-0.2, 0) is 16.2 Å². The van der Waals surface area contributed by atoms with Crippen molar-refractivity contribution < 1.29 is 4.42 Å². The van der Waals surface area contributed by atoms with Crippen LogP contribution in [0.3, 0.4) is 0 Å². The van der Waals surface area contributed by atoms with Gasteiger partial charge in [0.1, 0.15) is 5.52 Å². The summed E-state index contributed by atoms with van der Waals surface area (Å²) in [6, 6.07) is 44.6. The maximum absolute atomic E-state index is 6.60. The highest BCUT2D eigenvalue weighted by Gasteiger charge is 2.24. The van der Waals surface area contributed by atoms with Crippen LogP contribution < -0.4 is 0 Å². The molecule has 9 aromatic rings. The first kappa shape index (κ1) is 42.2. The number of benzene rings is 6. The topological polar surface area (TPSA) is 51.8 Å². The number of nitrogens with zero attached hydrogens (tertiary/aromatic N) is 3. The minimum Gasteiger partial charge on any atom is -0.436 e. The summed E-state index contributed by atoms with van der Waals surface area (Å²) < 4.78 is 6.60. The molecule has 0 amide bonds. The molecule has 0 fully saturated rings. The lowest BCUT2D eigenvalue weighted by molar-refractivity contribution is 0.591. The van der Waals surface area contributed by atoms with Crippen LogP contribution >= 0.6 is 0 Å². The molecule has 0 atom stereocenters. The van der Waals surface area contributed by atoms with E-state index in [-0.39, 0.29) is 16.2 Å². The van der Waals surface area contributed by atoms with E-state index >= 15 is 0 Å². The Morgan fingerprint density at radius 3 is 1.49 bits per heavy atom. The predicted octanol–water partition coefficient (Wildman–Crippen LogP) is 16.9. The van der Waals surface area contributed by atoms with Crippen molar-refractivity contribution in [2.45, 2.75) is 118 Å². The molecule has 3 aromatic heterocycles. The molecule has 0 unspecified atom stereocenters. The fraction of sp³-hybridized carbons (Fsp3) is 0.305. The average molecular weight is 828 g/mol. The van der Waals surface area contributed by atoms with Gasteiger partial charge in [0, 0.05) is 27.5 Å². The maximum Gasteiger partial charge on any atom is 0.227 e. The number of fused-ring (bicyclic) bond motifs is 4. The van der Waals surface area contributed by atoms with Crippen molar-refractivity contribution in [3.8, 4) is 45.4 Å². The standard InChI is InChI=1S/C59H61N3O/c1-34(2)43-17-15-18-44(35(3)4)53(43)56-62-51-31-38(22-27-52(51)63-56)55-46-26-24-42(58(8,9)10)29-40(46)33-50(61-55)49-32-39-28-41(57(5,6)7)23-25-45(39)54(60-49)37-21-20-36-16-14-19-48(47(36)30-37)59(11,12)13/h14-35H,1-13H3. The zero-order valence-electron chi connectivity index (χ0n) is 39.5. The SMILES string of the molecule is CC(C)c1cccc(C(C)C)c1-c1nc2cc(-c3nc(-c4cc5cc(C(C)(C)C)ccc5c(-c5ccc6cccc(C(C)(C)C)c6c5)n4)cc4cc(C(C)(C)C)ccc34)ccc2o1. The summed E-state index contributed by atoms with van der Waals surface area (Å²) in [5.74, 6) is 1.32. The molecule has 0 aliphatic carbocycles. The number of aromatic nitrogens is 3. The fourth-order valence-corrected chi connectivity index (χ4v) is 9.21. The van der Waals surface area contributed by atoms with Crippen LogP contribution in [0.25, 0.3) is 88.8 Å². The van der Waals surface area contributed by atoms with Gasteiger partial charge in [-0.15, -0.1) is 0 Å². The van der Waals surface area contributed by atoms with Crippen LogP contribution in [-0.4, -0.2) is 15.0 Å². The van der Waals surface area contributed by atoms with Gasteiger partial charge in [-0.1, -0.05) is 175 Å². The van der Waals surface area contributed by atoms with Gasteiger partial charge < -0.3 is 4.42 Å². The van der Waals surface area contributed by atoms with E-state index in [4.69, 9.17) is 19.4 Å². The number of oxazole rings is 1. The zero-order chi connectivity index (χ0) is 44.7. The molecule has 3 heterocycles. The van der Waals surface area contributed by atoms with Crippen molar-refractivity contribution >= 4 is 43.4 Å². The highest BCUT2D eigenvalue weighted by Crippen LogP contribution is 2.42. The Morgan fingerprint density at radius 2 is 0.968 bits per heavy atom. The van der Waals surface area contributed by atoms with Gasteiger partial charge in [0.15, 0.2) is 5.58 Å². The molecular weight excluding hydrogens is 767 g/mol. The first-order valence-electron chi connectivity index (χ1n) is 22.7. The maximum atomic E-state index is 6.60. The Kier molecular flexibility index (Phi) is 10.2. The largest absolute Gasteiger partial charge is 0.436 e. The third-order valence-electron chi connectivity index (χ3n) is 12.9. The van der Waals surface area contributed by atoms with Crippen LogP contribution in [0.5, 0.6) is 0 Å². The van der Waals surface area contributed by atoms with Gasteiger partial charge in [-0.05, 0) is 114 Å². The zero-order valence-corrected chi connectivity index (χ0v) is 39.5. The molecule has 318 valence electrons. The van der Waals surface area contributed by atoms with Crippen LogP contribution in [0.4, 0.5) is 0 Å². The van der Waals surface area contributed by atoms with Crippen LogP contribution in [0.2, 0.25) is 0 Å². The highest BCUT2D eigenvalue weighted by atomic mass is 16.3. The smallest absolute Gasteiger partial charge is 0.227 e. The summed E-state index contributed by atoms with van der Waals surface area (Å²) in [4.78, 5) is 16.4. The molecule has 0 aliphatic rings. The van der Waals surface area contributed by atoms with Gasteiger partial charge in [-0.2, -0.15) is 0 Å². The Hall–Kier alpha value is -6.13. The van der Waals surface area contributed by atoms with E-state index in [9.17, 15) is 0 Å². The molecule has 0 spiro atoms. The molecule has 4 nitrogen and oxygen atoms in total.